The topological polar surface area (TPSA) is 92.2 Å². The van der Waals surface area contributed by atoms with E-state index in [1.54, 1.807) is 11.1 Å². The number of halogens is 3. The number of rotatable bonds is 7. The van der Waals surface area contributed by atoms with Crippen LogP contribution in [0.5, 0.6) is 11.6 Å². The lowest BCUT2D eigenvalue weighted by molar-refractivity contribution is -0.325. The first-order valence-corrected chi connectivity index (χ1v) is 10.2. The quantitative estimate of drug-likeness (QED) is 0.572. The van der Waals surface area contributed by atoms with E-state index in [2.05, 4.69) is 14.7 Å². The smallest absolute Gasteiger partial charge is 0.486 e. The number of amides is 1. The van der Waals surface area contributed by atoms with Crippen LogP contribution in [0.3, 0.4) is 0 Å². The number of hydrogen-bond acceptors (Lipinski definition) is 8. The highest BCUT2D eigenvalue weighted by Gasteiger charge is 2.52. The number of methoxy groups -OCH3 is 1. The van der Waals surface area contributed by atoms with Crippen molar-refractivity contribution in [1.82, 2.24) is 14.9 Å². The fourth-order valence-electron chi connectivity index (χ4n) is 3.91. The highest BCUT2D eigenvalue weighted by atomic mass is 19.4. The number of nitrogens with zero attached hydrogens (tertiary/aromatic N) is 3. The molecule has 2 atom stereocenters. The molecule has 12 heteroatoms. The van der Waals surface area contributed by atoms with Crippen LogP contribution < -0.4 is 9.47 Å². The lowest BCUT2D eigenvalue weighted by Gasteiger charge is -2.41. The fraction of sp³-hybridized carbons (Fsp3) is 0.476. The largest absolute Gasteiger partial charge is 0.522 e. The van der Waals surface area contributed by atoms with Crippen molar-refractivity contribution in [3.8, 4) is 11.6 Å². The summed E-state index contributed by atoms with van der Waals surface area (Å²) in [4.78, 5) is 23.3. The van der Waals surface area contributed by atoms with E-state index in [1.165, 1.54) is 19.2 Å². The minimum Gasteiger partial charge on any atom is -0.486 e. The maximum Gasteiger partial charge on any atom is 0.522 e. The summed E-state index contributed by atoms with van der Waals surface area (Å²) in [6.45, 7) is -0.271. The van der Waals surface area contributed by atoms with Gasteiger partial charge in [0, 0.05) is 19.2 Å². The number of pyridine rings is 2. The molecule has 0 N–H and O–H groups in total. The molecule has 2 fully saturated rings. The van der Waals surface area contributed by atoms with Gasteiger partial charge in [0.25, 0.3) is 11.8 Å². The molecule has 2 unspecified atom stereocenters. The van der Waals surface area contributed by atoms with Gasteiger partial charge in [-0.05, 0) is 24.3 Å². The second kappa shape index (κ2) is 9.49. The summed E-state index contributed by atoms with van der Waals surface area (Å²) < 4.78 is 61.9. The molecule has 0 radical (unpaired) electrons. The van der Waals surface area contributed by atoms with Gasteiger partial charge in [-0.25, -0.2) is 4.98 Å². The van der Waals surface area contributed by atoms with Crippen LogP contribution in [0.1, 0.15) is 22.6 Å². The van der Waals surface area contributed by atoms with Crippen molar-refractivity contribution in [3.63, 3.8) is 0 Å². The van der Waals surface area contributed by atoms with E-state index in [4.69, 9.17) is 18.9 Å². The first-order chi connectivity index (χ1) is 15.8. The molecule has 4 rings (SSSR count). The van der Waals surface area contributed by atoms with Gasteiger partial charge in [-0.1, -0.05) is 6.07 Å². The van der Waals surface area contributed by atoms with Gasteiger partial charge in [0.2, 0.25) is 0 Å². The third-order valence-corrected chi connectivity index (χ3v) is 5.48. The minimum atomic E-state index is -4.74. The number of carbonyl (C=O) groups excluding carboxylic acids is 1. The third kappa shape index (κ3) is 5.02. The molecular weight excluding hydrogens is 447 g/mol. The predicted octanol–water partition coefficient (Wildman–Crippen LogP) is 2.51. The van der Waals surface area contributed by atoms with Crippen molar-refractivity contribution in [2.24, 2.45) is 0 Å². The Bertz CT molecular complexity index is 977. The maximum absolute atomic E-state index is 13.1. The molecule has 2 saturated heterocycles. The van der Waals surface area contributed by atoms with Crippen LogP contribution in [0.25, 0.3) is 0 Å². The molecule has 2 aromatic rings. The molecular formula is C21H22F3N3O6. The van der Waals surface area contributed by atoms with Crippen molar-refractivity contribution in [1.29, 1.82) is 0 Å². The minimum absolute atomic E-state index is 0.0202. The zero-order valence-electron chi connectivity index (χ0n) is 17.7. The molecule has 178 valence electrons. The van der Waals surface area contributed by atoms with Gasteiger partial charge in [0.1, 0.15) is 30.8 Å². The molecule has 2 aliphatic heterocycles. The van der Waals surface area contributed by atoms with Gasteiger partial charge in [-0.2, -0.15) is 0 Å². The summed E-state index contributed by atoms with van der Waals surface area (Å²) in [6.07, 6.45) is -2.94. The zero-order chi connectivity index (χ0) is 23.5. The normalized spacial score (nSPS) is 22.7. The Morgan fingerprint density at radius 2 is 2.12 bits per heavy atom. The summed E-state index contributed by atoms with van der Waals surface area (Å²) >= 11 is 0. The maximum atomic E-state index is 13.1. The Morgan fingerprint density at radius 1 is 1.27 bits per heavy atom. The van der Waals surface area contributed by atoms with E-state index in [0.29, 0.717) is 13.0 Å². The average Bonchev–Trinajstić information content (AvgIpc) is 3.26. The van der Waals surface area contributed by atoms with Gasteiger partial charge >= 0.3 is 6.36 Å². The van der Waals surface area contributed by atoms with Crippen LogP contribution in [0.15, 0.2) is 36.5 Å². The van der Waals surface area contributed by atoms with Crippen LogP contribution in [-0.2, 0) is 19.8 Å². The fourth-order valence-corrected chi connectivity index (χ4v) is 3.91. The van der Waals surface area contributed by atoms with Crippen LogP contribution in [0.2, 0.25) is 0 Å². The summed E-state index contributed by atoms with van der Waals surface area (Å²) in [5.74, 6) is -0.265. The van der Waals surface area contributed by atoms with E-state index < -0.39 is 18.6 Å². The van der Waals surface area contributed by atoms with Gasteiger partial charge < -0.3 is 23.8 Å². The van der Waals surface area contributed by atoms with Crippen LogP contribution in [0, 0.1) is 0 Å². The van der Waals surface area contributed by atoms with E-state index in [-0.39, 0.29) is 49.3 Å². The Morgan fingerprint density at radius 3 is 2.85 bits per heavy atom. The van der Waals surface area contributed by atoms with E-state index in [0.717, 1.165) is 5.69 Å². The molecule has 0 aromatic carbocycles. The molecule has 0 spiro atoms. The summed E-state index contributed by atoms with van der Waals surface area (Å²) in [6, 6.07) is 8.42. The van der Waals surface area contributed by atoms with Crippen LogP contribution in [-0.4, -0.2) is 73.4 Å². The van der Waals surface area contributed by atoms with Crippen molar-refractivity contribution in [3.05, 3.63) is 47.9 Å². The first kappa shape index (κ1) is 23.2. The number of alkyl halides is 3. The summed E-state index contributed by atoms with van der Waals surface area (Å²) in [5, 5.41) is 0. The molecule has 33 heavy (non-hydrogen) atoms. The highest BCUT2D eigenvalue weighted by Crippen LogP contribution is 2.41. The zero-order valence-corrected chi connectivity index (χ0v) is 17.7. The Hall–Kier alpha value is -2.96. The molecule has 2 aromatic heterocycles. The predicted molar refractivity (Wildman–Crippen MR) is 106 cm³/mol. The SMILES string of the molecule is COc1nc(C(=O)N2CCC3(c4ccccn4)OCOC3C2)ccc1OCCOC(F)(F)F. The van der Waals surface area contributed by atoms with Gasteiger partial charge in [-0.15, -0.1) is 13.2 Å². The average molecular weight is 469 g/mol. The van der Waals surface area contributed by atoms with Crippen LogP contribution >= 0.6 is 0 Å². The lowest BCUT2D eigenvalue weighted by Crippen LogP contribution is -2.54. The molecule has 9 nitrogen and oxygen atoms in total. The van der Waals surface area contributed by atoms with Crippen molar-refractivity contribution < 1.29 is 41.7 Å². The monoisotopic (exact) mass is 469 g/mol. The number of fused-ring (bicyclic) bond motifs is 1. The second-order valence-corrected chi connectivity index (χ2v) is 7.37. The van der Waals surface area contributed by atoms with E-state index in [1.807, 2.05) is 18.2 Å². The van der Waals surface area contributed by atoms with Crippen molar-refractivity contribution in [2.45, 2.75) is 24.5 Å². The number of aromatic nitrogens is 2. The van der Waals surface area contributed by atoms with Crippen molar-refractivity contribution in [2.75, 3.05) is 40.2 Å². The van der Waals surface area contributed by atoms with E-state index >= 15 is 0 Å². The highest BCUT2D eigenvalue weighted by molar-refractivity contribution is 5.92. The second-order valence-electron chi connectivity index (χ2n) is 7.37. The summed E-state index contributed by atoms with van der Waals surface area (Å²) in [7, 11) is 1.32. The molecule has 2 aliphatic rings. The standard InChI is InChI=1S/C21H22F3N3O6/c1-29-18-15(30-10-11-32-21(22,23)24)6-5-14(26-18)19(28)27-9-7-20(16-4-2-3-8-25-16)17(12-27)31-13-33-20/h2-6,8,17H,7,9-13H2,1H3. The third-order valence-electron chi connectivity index (χ3n) is 5.48. The van der Waals surface area contributed by atoms with Crippen LogP contribution in [0.4, 0.5) is 13.2 Å². The van der Waals surface area contributed by atoms with Gasteiger partial charge in [-0.3, -0.25) is 14.5 Å². The lowest BCUT2D eigenvalue weighted by atomic mass is 9.85. The number of ether oxygens (including phenoxy) is 5. The Kier molecular flexibility index (Phi) is 6.68. The van der Waals surface area contributed by atoms with E-state index in [9.17, 15) is 18.0 Å². The van der Waals surface area contributed by atoms with Gasteiger partial charge in [0.15, 0.2) is 5.75 Å². The molecule has 0 saturated carbocycles. The molecule has 0 bridgehead atoms. The number of piperidine rings is 1. The molecule has 1 amide bonds. The van der Waals surface area contributed by atoms with Gasteiger partial charge in [0.05, 0.1) is 26.0 Å². The molecule has 4 heterocycles. The first-order valence-electron chi connectivity index (χ1n) is 10.2. The Balaban J connectivity index is 1.42. The number of likely N-dealkylation sites (tertiary alicyclic amines) is 1. The summed E-state index contributed by atoms with van der Waals surface area (Å²) in [5.41, 5.74) is 0.157. The molecule has 0 aliphatic carbocycles. The number of carbonyl (C=O) groups is 1. The Labute approximate surface area is 187 Å². The number of hydrogen-bond donors (Lipinski definition) is 0. The van der Waals surface area contributed by atoms with Crippen molar-refractivity contribution >= 4 is 5.91 Å².